The van der Waals surface area contributed by atoms with Crippen molar-refractivity contribution in [2.45, 2.75) is 38.6 Å². The van der Waals surface area contributed by atoms with Gasteiger partial charge in [0.05, 0.1) is 11.4 Å². The van der Waals surface area contributed by atoms with Crippen LogP contribution in [0.15, 0.2) is 24.3 Å². The van der Waals surface area contributed by atoms with Crippen molar-refractivity contribution in [2.75, 3.05) is 41.8 Å². The predicted octanol–water partition coefficient (Wildman–Crippen LogP) is 2.53. The molecule has 0 amide bonds. The summed E-state index contributed by atoms with van der Waals surface area (Å²) in [7, 11) is 2.02. The van der Waals surface area contributed by atoms with E-state index in [4.69, 9.17) is 16.5 Å². The van der Waals surface area contributed by atoms with E-state index in [9.17, 15) is 0 Å². The molecule has 0 saturated carbocycles. The minimum atomic E-state index is 0.498. The number of hydrogen-bond donors (Lipinski definition) is 4. The van der Waals surface area contributed by atoms with Crippen LogP contribution >= 0.6 is 0 Å². The van der Waals surface area contributed by atoms with E-state index in [1.807, 2.05) is 19.2 Å². The van der Waals surface area contributed by atoms with Gasteiger partial charge in [0, 0.05) is 36.6 Å². The second kappa shape index (κ2) is 8.23. The Balaban J connectivity index is 1.88. The Morgan fingerprint density at radius 1 is 1.23 bits per heavy atom. The number of hydrogen-bond acceptors (Lipinski definition) is 7. The van der Waals surface area contributed by atoms with Crippen molar-refractivity contribution in [3.05, 3.63) is 30.0 Å². The zero-order valence-corrected chi connectivity index (χ0v) is 15.6. The standard InChI is InChI=1S/C19H29N7/c1-3-5-14-11-18(26-9-4-6-15(12-26)22-2)25-19(23-14)24-17-8-7-13(20)10-16(17)21/h7-8,10-11,15,22H,3-6,9,12,20-21H2,1-2H3,(H,23,24,25). The fraction of sp³-hybridized carbons (Fsp3) is 0.474. The largest absolute Gasteiger partial charge is 0.399 e. The number of anilines is 5. The molecule has 1 atom stereocenters. The third-order valence-electron chi connectivity index (χ3n) is 4.75. The van der Waals surface area contributed by atoms with E-state index in [1.54, 1.807) is 6.07 Å². The summed E-state index contributed by atoms with van der Waals surface area (Å²) < 4.78 is 0. The van der Waals surface area contributed by atoms with Crippen LogP contribution in [0.3, 0.4) is 0 Å². The van der Waals surface area contributed by atoms with Gasteiger partial charge in [-0.05, 0) is 44.5 Å². The molecule has 6 N–H and O–H groups in total. The Labute approximate surface area is 155 Å². The molecule has 1 aromatic heterocycles. The summed E-state index contributed by atoms with van der Waals surface area (Å²) in [5, 5.41) is 6.64. The van der Waals surface area contributed by atoms with Crippen molar-refractivity contribution in [3.8, 4) is 0 Å². The van der Waals surface area contributed by atoms with E-state index in [-0.39, 0.29) is 0 Å². The van der Waals surface area contributed by atoms with Crippen molar-refractivity contribution in [2.24, 2.45) is 0 Å². The molecule has 1 aliphatic rings. The number of nitrogens with one attached hydrogen (secondary N) is 2. The molecule has 26 heavy (non-hydrogen) atoms. The second-order valence-electron chi connectivity index (χ2n) is 6.84. The molecule has 0 radical (unpaired) electrons. The highest BCUT2D eigenvalue weighted by Gasteiger charge is 2.20. The van der Waals surface area contributed by atoms with Gasteiger partial charge >= 0.3 is 0 Å². The number of benzene rings is 1. The van der Waals surface area contributed by atoms with Crippen LogP contribution < -0.4 is 27.0 Å². The number of rotatable bonds is 6. The Morgan fingerprint density at radius 2 is 2.08 bits per heavy atom. The summed E-state index contributed by atoms with van der Waals surface area (Å²) >= 11 is 0. The lowest BCUT2D eigenvalue weighted by molar-refractivity contribution is 0.447. The molecule has 0 aliphatic carbocycles. The monoisotopic (exact) mass is 355 g/mol. The van der Waals surface area contributed by atoms with Gasteiger partial charge in [0.25, 0.3) is 0 Å². The van der Waals surface area contributed by atoms with Crippen molar-refractivity contribution < 1.29 is 0 Å². The maximum absolute atomic E-state index is 6.07. The van der Waals surface area contributed by atoms with Crippen LogP contribution in [0.1, 0.15) is 31.9 Å². The maximum Gasteiger partial charge on any atom is 0.229 e. The maximum atomic E-state index is 6.07. The van der Waals surface area contributed by atoms with Crippen LogP contribution in [0.25, 0.3) is 0 Å². The summed E-state index contributed by atoms with van der Waals surface area (Å²) in [5.41, 5.74) is 14.9. The minimum absolute atomic E-state index is 0.498. The Bertz CT molecular complexity index is 747. The summed E-state index contributed by atoms with van der Waals surface area (Å²) in [6.07, 6.45) is 4.32. The number of nitrogens with two attached hydrogens (primary N) is 2. The van der Waals surface area contributed by atoms with Crippen molar-refractivity contribution in [1.82, 2.24) is 15.3 Å². The van der Waals surface area contributed by atoms with E-state index in [1.165, 1.54) is 6.42 Å². The van der Waals surface area contributed by atoms with E-state index in [0.717, 1.165) is 49.6 Å². The second-order valence-corrected chi connectivity index (χ2v) is 6.84. The lowest BCUT2D eigenvalue weighted by Crippen LogP contribution is -2.44. The molecule has 2 aromatic rings. The molecule has 1 aliphatic heterocycles. The van der Waals surface area contributed by atoms with Gasteiger partial charge in [-0.25, -0.2) is 4.98 Å². The molecule has 1 unspecified atom stereocenters. The van der Waals surface area contributed by atoms with Gasteiger partial charge in [0.15, 0.2) is 0 Å². The molecule has 1 saturated heterocycles. The first kappa shape index (κ1) is 18.3. The van der Waals surface area contributed by atoms with Gasteiger partial charge < -0.3 is 27.0 Å². The van der Waals surface area contributed by atoms with Crippen molar-refractivity contribution in [1.29, 1.82) is 0 Å². The molecule has 0 spiro atoms. The fourth-order valence-corrected chi connectivity index (χ4v) is 3.32. The highest BCUT2D eigenvalue weighted by Crippen LogP contribution is 2.26. The van der Waals surface area contributed by atoms with Crippen LogP contribution in [0, 0.1) is 0 Å². The molecule has 7 nitrogen and oxygen atoms in total. The third kappa shape index (κ3) is 4.35. The Kier molecular flexibility index (Phi) is 5.78. The normalized spacial score (nSPS) is 17.3. The number of nitrogens with zero attached hydrogens (tertiary/aromatic N) is 3. The quantitative estimate of drug-likeness (QED) is 0.590. The average Bonchev–Trinajstić information content (AvgIpc) is 2.64. The van der Waals surface area contributed by atoms with E-state index in [2.05, 4.69) is 33.5 Å². The van der Waals surface area contributed by atoms with E-state index < -0.39 is 0 Å². The molecule has 1 fully saturated rings. The van der Waals surface area contributed by atoms with Gasteiger partial charge in [0.2, 0.25) is 5.95 Å². The number of piperidine rings is 1. The highest BCUT2D eigenvalue weighted by atomic mass is 15.2. The van der Waals surface area contributed by atoms with Crippen LogP contribution in [-0.2, 0) is 6.42 Å². The molecule has 7 heteroatoms. The molecule has 2 heterocycles. The Morgan fingerprint density at radius 3 is 2.81 bits per heavy atom. The predicted molar refractivity (Wildman–Crippen MR) is 109 cm³/mol. The first-order chi connectivity index (χ1) is 12.6. The zero-order chi connectivity index (χ0) is 18.5. The number of likely N-dealkylation sites (N-methyl/N-ethyl adjacent to an activating group) is 1. The van der Waals surface area contributed by atoms with Gasteiger partial charge in [-0.15, -0.1) is 0 Å². The molecule has 140 valence electrons. The molecule has 0 bridgehead atoms. The lowest BCUT2D eigenvalue weighted by atomic mass is 10.1. The lowest BCUT2D eigenvalue weighted by Gasteiger charge is -2.33. The SMILES string of the molecule is CCCc1cc(N2CCCC(NC)C2)nc(Nc2ccc(N)cc2N)n1. The number of aromatic nitrogens is 2. The molecular weight excluding hydrogens is 326 g/mol. The summed E-state index contributed by atoms with van der Waals surface area (Å²) in [5.74, 6) is 1.55. The van der Waals surface area contributed by atoms with E-state index in [0.29, 0.717) is 23.4 Å². The Hall–Kier alpha value is -2.54. The molecule has 1 aromatic carbocycles. The van der Waals surface area contributed by atoms with Crippen LogP contribution in [0.5, 0.6) is 0 Å². The first-order valence-corrected chi connectivity index (χ1v) is 9.31. The van der Waals surface area contributed by atoms with Crippen molar-refractivity contribution in [3.63, 3.8) is 0 Å². The number of nitrogen functional groups attached to an aromatic ring is 2. The zero-order valence-electron chi connectivity index (χ0n) is 15.6. The molecule has 3 rings (SSSR count). The summed E-state index contributed by atoms with van der Waals surface area (Å²) in [4.78, 5) is 11.8. The third-order valence-corrected chi connectivity index (χ3v) is 4.75. The van der Waals surface area contributed by atoms with Gasteiger partial charge in [0.1, 0.15) is 5.82 Å². The van der Waals surface area contributed by atoms with Crippen LogP contribution in [-0.4, -0.2) is 36.1 Å². The summed E-state index contributed by atoms with van der Waals surface area (Å²) in [6.45, 7) is 4.14. The minimum Gasteiger partial charge on any atom is -0.399 e. The summed E-state index contributed by atoms with van der Waals surface area (Å²) in [6, 6.07) is 8.02. The van der Waals surface area contributed by atoms with Gasteiger partial charge in [-0.2, -0.15) is 4.98 Å². The topological polar surface area (TPSA) is 105 Å². The smallest absolute Gasteiger partial charge is 0.229 e. The van der Waals surface area contributed by atoms with Crippen LogP contribution in [0.4, 0.5) is 28.8 Å². The van der Waals surface area contributed by atoms with Gasteiger partial charge in [-0.3, -0.25) is 0 Å². The average molecular weight is 355 g/mol. The number of aryl methyl sites for hydroxylation is 1. The molecular formula is C19H29N7. The highest BCUT2D eigenvalue weighted by molar-refractivity contribution is 5.74. The van der Waals surface area contributed by atoms with Crippen molar-refractivity contribution >= 4 is 28.8 Å². The van der Waals surface area contributed by atoms with E-state index >= 15 is 0 Å². The fourth-order valence-electron chi connectivity index (χ4n) is 3.32. The van der Waals surface area contributed by atoms with Crippen LogP contribution in [0.2, 0.25) is 0 Å². The van der Waals surface area contributed by atoms with Gasteiger partial charge in [-0.1, -0.05) is 13.3 Å². The first-order valence-electron chi connectivity index (χ1n) is 9.31.